The molecular formula is C16H16FNO4. The second kappa shape index (κ2) is 6.89. The summed E-state index contributed by atoms with van der Waals surface area (Å²) >= 11 is 0. The lowest BCUT2D eigenvalue weighted by molar-refractivity contribution is -0.137. The monoisotopic (exact) mass is 305 g/mol. The van der Waals surface area contributed by atoms with Gasteiger partial charge in [-0.3, -0.25) is 9.59 Å². The molecular weight excluding hydrogens is 289 g/mol. The number of nitrogens with zero attached hydrogens (tertiary/aromatic N) is 1. The van der Waals surface area contributed by atoms with Crippen LogP contribution < -0.4 is 5.43 Å². The summed E-state index contributed by atoms with van der Waals surface area (Å²) in [5.41, 5.74) is 0.644. The van der Waals surface area contributed by atoms with Crippen molar-refractivity contribution in [2.75, 3.05) is 0 Å². The summed E-state index contributed by atoms with van der Waals surface area (Å²) in [7, 11) is 0. The number of aromatic hydroxyl groups is 1. The van der Waals surface area contributed by atoms with Crippen LogP contribution in [0.4, 0.5) is 4.39 Å². The highest BCUT2D eigenvalue weighted by atomic mass is 19.1. The summed E-state index contributed by atoms with van der Waals surface area (Å²) < 4.78 is 14.6. The molecule has 0 aliphatic rings. The van der Waals surface area contributed by atoms with Crippen molar-refractivity contribution in [2.24, 2.45) is 0 Å². The van der Waals surface area contributed by atoms with Gasteiger partial charge in [-0.2, -0.15) is 0 Å². The SMILES string of the molecule is O=C(O)CCCn1ccc(=O)c(O)c1Cc1ccc(F)cc1. The van der Waals surface area contributed by atoms with Crippen LogP contribution in [0.3, 0.4) is 0 Å². The maximum absolute atomic E-state index is 12.9. The van der Waals surface area contributed by atoms with Gasteiger partial charge in [0, 0.05) is 31.6 Å². The van der Waals surface area contributed by atoms with Gasteiger partial charge >= 0.3 is 5.97 Å². The van der Waals surface area contributed by atoms with Crippen molar-refractivity contribution in [2.45, 2.75) is 25.8 Å². The molecule has 1 aromatic heterocycles. The lowest BCUT2D eigenvalue weighted by Gasteiger charge is -2.14. The van der Waals surface area contributed by atoms with E-state index in [1.165, 1.54) is 24.4 Å². The number of rotatable bonds is 6. The summed E-state index contributed by atoms with van der Waals surface area (Å²) in [4.78, 5) is 22.2. The van der Waals surface area contributed by atoms with Crippen LogP contribution in [0.5, 0.6) is 5.75 Å². The Balaban J connectivity index is 2.26. The van der Waals surface area contributed by atoms with Gasteiger partial charge in [0.05, 0.1) is 5.69 Å². The first-order valence-electron chi connectivity index (χ1n) is 6.85. The number of aryl methyl sites for hydroxylation is 1. The number of halogens is 1. The summed E-state index contributed by atoms with van der Waals surface area (Å²) in [6.45, 7) is 0.372. The maximum atomic E-state index is 12.9. The van der Waals surface area contributed by atoms with E-state index in [1.54, 1.807) is 16.7 Å². The van der Waals surface area contributed by atoms with E-state index >= 15 is 0 Å². The highest BCUT2D eigenvalue weighted by Gasteiger charge is 2.11. The largest absolute Gasteiger partial charge is 0.503 e. The zero-order valence-corrected chi connectivity index (χ0v) is 11.8. The first-order valence-corrected chi connectivity index (χ1v) is 6.85. The lowest BCUT2D eigenvalue weighted by Crippen LogP contribution is -2.14. The van der Waals surface area contributed by atoms with Gasteiger partial charge in [-0.15, -0.1) is 0 Å². The molecule has 6 heteroatoms. The topological polar surface area (TPSA) is 79.5 Å². The Morgan fingerprint density at radius 2 is 1.86 bits per heavy atom. The molecule has 1 heterocycles. The van der Waals surface area contributed by atoms with Crippen molar-refractivity contribution in [1.82, 2.24) is 4.57 Å². The van der Waals surface area contributed by atoms with E-state index in [1.807, 2.05) is 0 Å². The number of carbonyl (C=O) groups is 1. The van der Waals surface area contributed by atoms with Crippen molar-refractivity contribution in [3.05, 3.63) is 63.8 Å². The van der Waals surface area contributed by atoms with Crippen LogP contribution in [-0.4, -0.2) is 20.7 Å². The van der Waals surface area contributed by atoms with Crippen LogP contribution in [0.2, 0.25) is 0 Å². The number of benzene rings is 1. The maximum Gasteiger partial charge on any atom is 0.303 e. The van der Waals surface area contributed by atoms with Crippen LogP contribution in [0, 0.1) is 5.82 Å². The lowest BCUT2D eigenvalue weighted by atomic mass is 10.1. The van der Waals surface area contributed by atoms with E-state index in [0.29, 0.717) is 18.7 Å². The van der Waals surface area contributed by atoms with Gasteiger partial charge in [-0.1, -0.05) is 12.1 Å². The minimum absolute atomic E-state index is 0.00285. The van der Waals surface area contributed by atoms with Gasteiger partial charge in [0.1, 0.15) is 5.82 Å². The number of carboxylic acid groups (broad SMARTS) is 1. The van der Waals surface area contributed by atoms with Crippen molar-refractivity contribution in [3.8, 4) is 5.75 Å². The average molecular weight is 305 g/mol. The molecule has 0 atom stereocenters. The van der Waals surface area contributed by atoms with Crippen LogP contribution in [0.15, 0.2) is 41.3 Å². The van der Waals surface area contributed by atoms with Crippen molar-refractivity contribution >= 4 is 5.97 Å². The fourth-order valence-corrected chi connectivity index (χ4v) is 2.20. The molecule has 2 aromatic rings. The molecule has 2 rings (SSSR count). The molecule has 0 fully saturated rings. The van der Waals surface area contributed by atoms with E-state index in [9.17, 15) is 19.1 Å². The molecule has 22 heavy (non-hydrogen) atoms. The second-order valence-corrected chi connectivity index (χ2v) is 4.97. The van der Waals surface area contributed by atoms with Crippen LogP contribution in [-0.2, 0) is 17.8 Å². The normalized spacial score (nSPS) is 10.6. The Morgan fingerprint density at radius 1 is 1.18 bits per heavy atom. The molecule has 0 aliphatic carbocycles. The third-order valence-electron chi connectivity index (χ3n) is 3.33. The Labute approximate surface area is 126 Å². The molecule has 116 valence electrons. The predicted octanol–water partition coefficient (Wildman–Crippen LogP) is 2.15. The van der Waals surface area contributed by atoms with Crippen LogP contribution >= 0.6 is 0 Å². The zero-order valence-electron chi connectivity index (χ0n) is 11.8. The molecule has 1 aromatic carbocycles. The van der Waals surface area contributed by atoms with Crippen molar-refractivity contribution in [3.63, 3.8) is 0 Å². The number of aliphatic carboxylic acids is 1. The van der Waals surface area contributed by atoms with Crippen molar-refractivity contribution < 1.29 is 19.4 Å². The molecule has 5 nitrogen and oxygen atoms in total. The molecule has 0 bridgehead atoms. The molecule has 0 unspecified atom stereocenters. The number of carboxylic acids is 1. The third kappa shape index (κ3) is 3.94. The molecule has 0 radical (unpaired) electrons. The molecule has 0 aliphatic heterocycles. The van der Waals surface area contributed by atoms with E-state index in [-0.39, 0.29) is 24.4 Å². The number of hydrogen-bond acceptors (Lipinski definition) is 3. The molecule has 0 amide bonds. The van der Waals surface area contributed by atoms with Gasteiger partial charge < -0.3 is 14.8 Å². The molecule has 0 spiro atoms. The van der Waals surface area contributed by atoms with E-state index in [0.717, 1.165) is 5.56 Å². The fraction of sp³-hybridized carbons (Fsp3) is 0.250. The Bertz CT molecular complexity index is 722. The first-order chi connectivity index (χ1) is 10.5. The number of hydrogen-bond donors (Lipinski definition) is 2. The summed E-state index contributed by atoms with van der Waals surface area (Å²) in [5, 5.41) is 18.7. The van der Waals surface area contributed by atoms with E-state index < -0.39 is 11.4 Å². The van der Waals surface area contributed by atoms with E-state index in [2.05, 4.69) is 0 Å². The van der Waals surface area contributed by atoms with Crippen LogP contribution in [0.25, 0.3) is 0 Å². The number of aromatic nitrogens is 1. The van der Waals surface area contributed by atoms with E-state index in [4.69, 9.17) is 5.11 Å². The molecule has 0 saturated heterocycles. The standard InChI is InChI=1S/C16H16FNO4/c17-12-5-3-11(4-6-12)10-13-16(22)14(19)7-9-18(13)8-1-2-15(20)21/h3-7,9,22H,1-2,8,10H2,(H,20,21). The highest BCUT2D eigenvalue weighted by molar-refractivity contribution is 5.66. The van der Waals surface area contributed by atoms with Crippen molar-refractivity contribution in [1.29, 1.82) is 0 Å². The van der Waals surface area contributed by atoms with Gasteiger partial charge in [0.15, 0.2) is 5.75 Å². The number of pyridine rings is 1. The quantitative estimate of drug-likeness (QED) is 0.857. The fourth-order valence-electron chi connectivity index (χ4n) is 2.20. The Hall–Kier alpha value is -2.63. The first kappa shape index (κ1) is 15.8. The molecule has 2 N–H and O–H groups in total. The minimum atomic E-state index is -0.898. The Kier molecular flexibility index (Phi) is 4.93. The minimum Gasteiger partial charge on any atom is -0.503 e. The zero-order chi connectivity index (χ0) is 16.1. The smallest absolute Gasteiger partial charge is 0.303 e. The second-order valence-electron chi connectivity index (χ2n) is 4.97. The molecule has 0 saturated carbocycles. The third-order valence-corrected chi connectivity index (χ3v) is 3.33. The van der Waals surface area contributed by atoms with Gasteiger partial charge in [0.2, 0.25) is 5.43 Å². The Morgan fingerprint density at radius 3 is 2.50 bits per heavy atom. The van der Waals surface area contributed by atoms with Gasteiger partial charge in [-0.25, -0.2) is 4.39 Å². The van der Waals surface area contributed by atoms with Gasteiger partial charge in [0.25, 0.3) is 0 Å². The predicted molar refractivity (Wildman–Crippen MR) is 78.4 cm³/mol. The van der Waals surface area contributed by atoms with Crippen LogP contribution in [0.1, 0.15) is 24.1 Å². The average Bonchev–Trinajstić information content (AvgIpc) is 2.48. The van der Waals surface area contributed by atoms with Gasteiger partial charge in [-0.05, 0) is 24.1 Å². The summed E-state index contributed by atoms with van der Waals surface area (Å²) in [5.74, 6) is -1.62. The summed E-state index contributed by atoms with van der Waals surface area (Å²) in [6.07, 6.45) is 2.18. The highest BCUT2D eigenvalue weighted by Crippen LogP contribution is 2.18. The summed E-state index contributed by atoms with van der Waals surface area (Å²) in [6, 6.07) is 7.01.